The molecule has 0 aliphatic carbocycles. The lowest BCUT2D eigenvalue weighted by atomic mass is 10.2. The molecule has 0 saturated carbocycles. The molecule has 0 aromatic carbocycles. The van der Waals surface area contributed by atoms with Crippen molar-refractivity contribution in [3.63, 3.8) is 0 Å². The van der Waals surface area contributed by atoms with Crippen LogP contribution in [0.1, 0.15) is 23.9 Å². The molecule has 0 amide bonds. The van der Waals surface area contributed by atoms with Gasteiger partial charge in [-0.3, -0.25) is 4.90 Å². The van der Waals surface area contributed by atoms with Gasteiger partial charge in [0.25, 0.3) is 0 Å². The third-order valence-electron chi connectivity index (χ3n) is 2.18. The molecule has 1 aliphatic heterocycles. The summed E-state index contributed by atoms with van der Waals surface area (Å²) in [6.45, 7) is 1.20. The van der Waals surface area contributed by atoms with Gasteiger partial charge in [-0.15, -0.1) is 21.5 Å². The first kappa shape index (κ1) is 7.18. The van der Waals surface area contributed by atoms with Gasteiger partial charge in [-0.2, -0.15) is 0 Å². The Balaban J connectivity index is 2.16. The monoisotopic (exact) mass is 169 g/mol. The second-order valence-electron chi connectivity index (χ2n) is 2.92. The number of aromatic nitrogens is 2. The summed E-state index contributed by atoms with van der Waals surface area (Å²) in [7, 11) is 2.15. The maximum atomic E-state index is 4.08. The summed E-state index contributed by atoms with van der Waals surface area (Å²) in [6.07, 6.45) is 2.53. The Labute approximate surface area is 70.1 Å². The molecule has 1 fully saturated rings. The predicted octanol–water partition coefficient (Wildman–Crippen LogP) is 1.30. The smallest absolute Gasteiger partial charge is 0.134 e. The Morgan fingerprint density at radius 1 is 1.73 bits per heavy atom. The van der Waals surface area contributed by atoms with Gasteiger partial charge in [0, 0.05) is 0 Å². The summed E-state index contributed by atoms with van der Waals surface area (Å²) < 4.78 is 0. The lowest BCUT2D eigenvalue weighted by molar-refractivity contribution is 0.315. The third kappa shape index (κ3) is 1.28. The summed E-state index contributed by atoms with van der Waals surface area (Å²) >= 11 is 1.66. The van der Waals surface area contributed by atoms with Crippen molar-refractivity contribution in [2.24, 2.45) is 0 Å². The molecule has 0 N–H and O–H groups in total. The van der Waals surface area contributed by atoms with E-state index >= 15 is 0 Å². The van der Waals surface area contributed by atoms with Crippen molar-refractivity contribution in [2.45, 2.75) is 18.9 Å². The van der Waals surface area contributed by atoms with Gasteiger partial charge in [0.2, 0.25) is 0 Å². The summed E-state index contributed by atoms with van der Waals surface area (Å²) in [5, 5.41) is 9.09. The van der Waals surface area contributed by atoms with Crippen LogP contribution in [0.2, 0.25) is 0 Å². The van der Waals surface area contributed by atoms with E-state index < -0.39 is 0 Å². The second-order valence-corrected chi connectivity index (χ2v) is 3.78. The van der Waals surface area contributed by atoms with Crippen molar-refractivity contribution in [3.05, 3.63) is 10.5 Å². The number of hydrogen-bond donors (Lipinski definition) is 0. The zero-order valence-electron chi connectivity index (χ0n) is 6.53. The van der Waals surface area contributed by atoms with Crippen LogP contribution in [0.4, 0.5) is 0 Å². The van der Waals surface area contributed by atoms with Crippen LogP contribution in [0.15, 0.2) is 5.51 Å². The van der Waals surface area contributed by atoms with Crippen LogP contribution in [-0.4, -0.2) is 28.7 Å². The van der Waals surface area contributed by atoms with Crippen molar-refractivity contribution in [1.29, 1.82) is 0 Å². The minimum Gasteiger partial charge on any atom is -0.297 e. The van der Waals surface area contributed by atoms with Crippen LogP contribution in [0, 0.1) is 0 Å². The molecule has 1 aromatic rings. The molecular weight excluding hydrogens is 158 g/mol. The average molecular weight is 169 g/mol. The first-order chi connectivity index (χ1) is 5.38. The molecule has 1 atom stereocenters. The fourth-order valence-corrected chi connectivity index (χ4v) is 2.30. The third-order valence-corrected chi connectivity index (χ3v) is 2.98. The standard InChI is InChI=1S/C7H11N3S/c1-10-4-2-3-6(10)7-9-8-5-11-7/h5-6H,2-4H2,1H3. The molecule has 1 aliphatic rings. The van der Waals surface area contributed by atoms with E-state index in [0.29, 0.717) is 6.04 Å². The molecule has 0 spiro atoms. The van der Waals surface area contributed by atoms with Crippen molar-refractivity contribution in [3.8, 4) is 0 Å². The lowest BCUT2D eigenvalue weighted by Gasteiger charge is -2.15. The number of hydrogen-bond acceptors (Lipinski definition) is 4. The van der Waals surface area contributed by atoms with Gasteiger partial charge in [-0.05, 0) is 26.4 Å². The van der Waals surface area contributed by atoms with Crippen molar-refractivity contribution in [2.75, 3.05) is 13.6 Å². The Morgan fingerprint density at radius 3 is 3.18 bits per heavy atom. The second kappa shape index (κ2) is 2.87. The lowest BCUT2D eigenvalue weighted by Crippen LogP contribution is -2.17. The van der Waals surface area contributed by atoms with Crippen LogP contribution < -0.4 is 0 Å². The molecule has 60 valence electrons. The Kier molecular flexibility index (Phi) is 1.87. The number of rotatable bonds is 1. The zero-order valence-corrected chi connectivity index (χ0v) is 7.34. The summed E-state index contributed by atoms with van der Waals surface area (Å²) in [5.74, 6) is 0. The van der Waals surface area contributed by atoms with Crippen molar-refractivity contribution in [1.82, 2.24) is 15.1 Å². The summed E-state index contributed by atoms with van der Waals surface area (Å²) in [4.78, 5) is 2.35. The van der Waals surface area contributed by atoms with Crippen LogP contribution in [0.3, 0.4) is 0 Å². The highest BCUT2D eigenvalue weighted by atomic mass is 32.1. The SMILES string of the molecule is CN1CCCC1c1nncs1. The Morgan fingerprint density at radius 2 is 2.64 bits per heavy atom. The maximum absolute atomic E-state index is 4.08. The molecule has 0 radical (unpaired) electrons. The Hall–Kier alpha value is -0.480. The van der Waals surface area contributed by atoms with E-state index in [-0.39, 0.29) is 0 Å². The fourth-order valence-electron chi connectivity index (χ4n) is 1.55. The maximum Gasteiger partial charge on any atom is 0.134 e. The average Bonchev–Trinajstić information content (AvgIpc) is 2.55. The highest BCUT2D eigenvalue weighted by molar-refractivity contribution is 7.09. The van der Waals surface area contributed by atoms with Crippen LogP contribution in [-0.2, 0) is 0 Å². The van der Waals surface area contributed by atoms with Gasteiger partial charge in [0.1, 0.15) is 10.5 Å². The number of nitrogens with zero attached hydrogens (tertiary/aromatic N) is 3. The van der Waals surface area contributed by atoms with Gasteiger partial charge < -0.3 is 0 Å². The molecule has 1 saturated heterocycles. The van der Waals surface area contributed by atoms with Crippen molar-refractivity contribution < 1.29 is 0 Å². The Bertz CT molecular complexity index is 222. The van der Waals surface area contributed by atoms with Crippen molar-refractivity contribution >= 4 is 11.3 Å². The van der Waals surface area contributed by atoms with Gasteiger partial charge in [-0.25, -0.2) is 0 Å². The molecule has 1 aromatic heterocycles. The molecular formula is C7H11N3S. The minimum absolute atomic E-state index is 0.544. The molecule has 1 unspecified atom stereocenters. The molecule has 2 rings (SSSR count). The van der Waals surface area contributed by atoms with E-state index in [4.69, 9.17) is 0 Å². The van der Waals surface area contributed by atoms with E-state index in [0.717, 1.165) is 0 Å². The van der Waals surface area contributed by atoms with Gasteiger partial charge in [-0.1, -0.05) is 0 Å². The van der Waals surface area contributed by atoms with E-state index in [9.17, 15) is 0 Å². The van der Waals surface area contributed by atoms with Gasteiger partial charge in [0.05, 0.1) is 6.04 Å². The topological polar surface area (TPSA) is 29.0 Å². The highest BCUT2D eigenvalue weighted by Crippen LogP contribution is 2.30. The number of likely N-dealkylation sites (tertiary alicyclic amines) is 1. The quantitative estimate of drug-likeness (QED) is 0.634. The summed E-state index contributed by atoms with van der Waals surface area (Å²) in [6, 6.07) is 0.544. The van der Waals surface area contributed by atoms with E-state index in [1.54, 1.807) is 11.3 Å². The highest BCUT2D eigenvalue weighted by Gasteiger charge is 2.24. The van der Waals surface area contributed by atoms with E-state index in [2.05, 4.69) is 22.1 Å². The summed E-state index contributed by atoms with van der Waals surface area (Å²) in [5.41, 5.74) is 1.81. The predicted molar refractivity (Wildman–Crippen MR) is 44.5 cm³/mol. The first-order valence-electron chi connectivity index (χ1n) is 3.84. The largest absolute Gasteiger partial charge is 0.297 e. The fraction of sp³-hybridized carbons (Fsp3) is 0.714. The van der Waals surface area contributed by atoms with Gasteiger partial charge >= 0.3 is 0 Å². The normalized spacial score (nSPS) is 26.1. The zero-order chi connectivity index (χ0) is 7.68. The van der Waals surface area contributed by atoms with Gasteiger partial charge in [0.15, 0.2) is 0 Å². The molecule has 4 heteroatoms. The van der Waals surface area contributed by atoms with E-state index in [1.807, 2.05) is 5.51 Å². The van der Waals surface area contributed by atoms with Crippen LogP contribution >= 0.6 is 11.3 Å². The van der Waals surface area contributed by atoms with E-state index in [1.165, 1.54) is 24.4 Å². The van der Waals surface area contributed by atoms with Crippen LogP contribution in [0.5, 0.6) is 0 Å². The minimum atomic E-state index is 0.544. The molecule has 3 nitrogen and oxygen atoms in total. The molecule has 11 heavy (non-hydrogen) atoms. The molecule has 0 bridgehead atoms. The molecule has 2 heterocycles. The first-order valence-corrected chi connectivity index (χ1v) is 4.72. The van der Waals surface area contributed by atoms with Crippen LogP contribution in [0.25, 0.3) is 0 Å².